The summed E-state index contributed by atoms with van der Waals surface area (Å²) in [6, 6.07) is 7.68. The van der Waals surface area contributed by atoms with Crippen molar-refractivity contribution in [3.05, 3.63) is 48.2 Å². The summed E-state index contributed by atoms with van der Waals surface area (Å²) < 4.78 is 35.7. The number of alkyl halides is 2. The molecule has 0 fully saturated rings. The van der Waals surface area contributed by atoms with Gasteiger partial charge in [-0.05, 0) is 42.8 Å². The number of nitrogens with zero attached hydrogens (tertiary/aromatic N) is 3. The molecule has 0 saturated heterocycles. The second kappa shape index (κ2) is 10.0. The summed E-state index contributed by atoms with van der Waals surface area (Å²) in [5.74, 6) is 0.0360. The van der Waals surface area contributed by atoms with E-state index >= 15 is 0 Å². The van der Waals surface area contributed by atoms with E-state index in [0.29, 0.717) is 17.1 Å². The third kappa shape index (κ3) is 5.79. The van der Waals surface area contributed by atoms with Crippen molar-refractivity contribution in [2.45, 2.75) is 13.5 Å². The van der Waals surface area contributed by atoms with Gasteiger partial charge in [-0.3, -0.25) is 4.79 Å². The van der Waals surface area contributed by atoms with Gasteiger partial charge < -0.3 is 19.6 Å². The van der Waals surface area contributed by atoms with Gasteiger partial charge in [0, 0.05) is 19.3 Å². The molecule has 0 spiro atoms. The SMILES string of the molecule is CNC(=O)C(=NOC)C(C)=CCOc1ccn(-c2ccc(OC(F)F)cc2)n1. The maximum Gasteiger partial charge on any atom is 0.387 e. The van der Waals surface area contributed by atoms with Gasteiger partial charge in [0.2, 0.25) is 5.88 Å². The van der Waals surface area contributed by atoms with Crippen molar-refractivity contribution in [1.29, 1.82) is 0 Å². The van der Waals surface area contributed by atoms with Crippen LogP contribution in [0.25, 0.3) is 5.69 Å². The van der Waals surface area contributed by atoms with Crippen molar-refractivity contribution in [3.63, 3.8) is 0 Å². The zero-order valence-corrected chi connectivity index (χ0v) is 15.6. The first kappa shape index (κ1) is 20.9. The minimum absolute atomic E-state index is 0.0626. The number of hydrogen-bond acceptors (Lipinski definition) is 6. The molecule has 10 heteroatoms. The molecule has 2 aromatic rings. The van der Waals surface area contributed by atoms with Crippen molar-refractivity contribution in [3.8, 4) is 17.3 Å². The molecule has 1 aromatic carbocycles. The Bertz CT molecular complexity index is 848. The van der Waals surface area contributed by atoms with Crippen molar-refractivity contribution >= 4 is 11.6 Å². The topological polar surface area (TPSA) is 87.0 Å². The molecule has 0 unspecified atom stereocenters. The first-order valence-electron chi connectivity index (χ1n) is 8.18. The minimum Gasteiger partial charge on any atom is -0.472 e. The number of ether oxygens (including phenoxy) is 2. The zero-order valence-electron chi connectivity index (χ0n) is 15.6. The summed E-state index contributed by atoms with van der Waals surface area (Å²) in [5, 5.41) is 10.4. The van der Waals surface area contributed by atoms with Crippen LogP contribution in [0.1, 0.15) is 6.92 Å². The van der Waals surface area contributed by atoms with E-state index in [2.05, 4.69) is 25.1 Å². The highest BCUT2D eigenvalue weighted by Gasteiger charge is 2.12. The largest absolute Gasteiger partial charge is 0.472 e. The molecule has 28 heavy (non-hydrogen) atoms. The van der Waals surface area contributed by atoms with Crippen LogP contribution in [-0.4, -0.2) is 48.8 Å². The maximum absolute atomic E-state index is 12.2. The fourth-order valence-corrected chi connectivity index (χ4v) is 2.16. The molecule has 1 amide bonds. The average Bonchev–Trinajstić information content (AvgIpc) is 3.14. The van der Waals surface area contributed by atoms with Gasteiger partial charge in [-0.25, -0.2) is 4.68 Å². The number of carbonyl (C=O) groups is 1. The van der Waals surface area contributed by atoms with E-state index in [0.717, 1.165) is 0 Å². The van der Waals surface area contributed by atoms with Gasteiger partial charge >= 0.3 is 6.61 Å². The summed E-state index contributed by atoms with van der Waals surface area (Å²) in [6.45, 7) is -1.01. The van der Waals surface area contributed by atoms with Gasteiger partial charge in [-0.2, -0.15) is 8.78 Å². The van der Waals surface area contributed by atoms with Gasteiger partial charge in [0.1, 0.15) is 19.5 Å². The molecule has 150 valence electrons. The highest BCUT2D eigenvalue weighted by atomic mass is 19.3. The Hall–Kier alpha value is -3.43. The number of carbonyl (C=O) groups excluding carboxylic acids is 1. The van der Waals surface area contributed by atoms with Crippen LogP contribution in [0.15, 0.2) is 53.3 Å². The van der Waals surface area contributed by atoms with Gasteiger partial charge in [0.25, 0.3) is 5.91 Å². The Balaban J connectivity index is 1.99. The average molecular weight is 394 g/mol. The Morgan fingerprint density at radius 3 is 2.64 bits per heavy atom. The molecule has 1 heterocycles. The summed E-state index contributed by atoms with van der Waals surface area (Å²) in [4.78, 5) is 16.4. The number of halogens is 2. The molecular formula is C18H20F2N4O4. The van der Waals surface area contributed by atoms with Gasteiger partial charge in [0.05, 0.1) is 5.69 Å². The van der Waals surface area contributed by atoms with E-state index in [1.807, 2.05) is 0 Å². The van der Waals surface area contributed by atoms with Crippen molar-refractivity contribution in [1.82, 2.24) is 15.1 Å². The summed E-state index contributed by atoms with van der Waals surface area (Å²) in [6.07, 6.45) is 3.33. The number of nitrogens with one attached hydrogen (secondary N) is 1. The van der Waals surface area contributed by atoms with E-state index in [9.17, 15) is 13.6 Å². The van der Waals surface area contributed by atoms with E-state index in [1.165, 1.54) is 31.0 Å². The molecule has 0 bridgehead atoms. The molecule has 0 aliphatic rings. The predicted molar refractivity (Wildman–Crippen MR) is 98.0 cm³/mol. The van der Waals surface area contributed by atoms with Crippen LogP contribution in [0, 0.1) is 0 Å². The van der Waals surface area contributed by atoms with Gasteiger partial charge in [-0.15, -0.1) is 5.10 Å². The van der Waals surface area contributed by atoms with E-state index in [-0.39, 0.29) is 24.0 Å². The van der Waals surface area contributed by atoms with Crippen LogP contribution in [0.5, 0.6) is 11.6 Å². The number of amides is 1. The highest BCUT2D eigenvalue weighted by Crippen LogP contribution is 2.18. The quantitative estimate of drug-likeness (QED) is 0.522. The fourth-order valence-electron chi connectivity index (χ4n) is 2.16. The Labute approximate surface area is 160 Å². The molecule has 0 saturated carbocycles. The van der Waals surface area contributed by atoms with Crippen molar-refractivity contribution < 1.29 is 27.9 Å². The predicted octanol–water partition coefficient (Wildman–Crippen LogP) is 2.55. The number of hydrogen-bond donors (Lipinski definition) is 1. The molecule has 1 aromatic heterocycles. The van der Waals surface area contributed by atoms with Crippen molar-refractivity contribution in [2.75, 3.05) is 20.8 Å². The number of oxime groups is 1. The lowest BCUT2D eigenvalue weighted by atomic mass is 10.1. The monoisotopic (exact) mass is 394 g/mol. The molecule has 2 rings (SSSR count). The third-order valence-electron chi connectivity index (χ3n) is 3.51. The number of aromatic nitrogens is 2. The molecular weight excluding hydrogens is 374 g/mol. The number of rotatable bonds is 9. The standard InChI is InChI=1S/C18H20F2N4O4/c1-12(16(23-26-3)17(25)21-2)9-11-27-15-8-10-24(22-15)13-4-6-14(7-5-13)28-18(19)20/h4-10,18H,11H2,1-3H3,(H,21,25). The smallest absolute Gasteiger partial charge is 0.387 e. The summed E-state index contributed by atoms with van der Waals surface area (Å²) in [5.41, 5.74) is 1.37. The van der Waals surface area contributed by atoms with Crippen LogP contribution in [0.3, 0.4) is 0 Å². The first-order valence-corrected chi connectivity index (χ1v) is 8.18. The van der Waals surface area contributed by atoms with E-state index in [1.54, 1.807) is 37.4 Å². The van der Waals surface area contributed by atoms with Crippen LogP contribution < -0.4 is 14.8 Å². The molecule has 0 radical (unpaired) electrons. The normalized spacial score (nSPS) is 12.1. The van der Waals surface area contributed by atoms with Gasteiger partial charge in [-0.1, -0.05) is 5.16 Å². The first-order chi connectivity index (χ1) is 13.4. The fraction of sp³-hybridized carbons (Fsp3) is 0.278. The second-order valence-corrected chi connectivity index (χ2v) is 5.37. The molecule has 0 aliphatic heterocycles. The maximum atomic E-state index is 12.2. The highest BCUT2D eigenvalue weighted by molar-refractivity contribution is 6.44. The minimum atomic E-state index is -2.87. The zero-order chi connectivity index (χ0) is 20.5. The lowest BCUT2D eigenvalue weighted by Gasteiger charge is -2.06. The molecule has 0 atom stereocenters. The lowest BCUT2D eigenvalue weighted by molar-refractivity contribution is -0.114. The van der Waals surface area contributed by atoms with Gasteiger partial charge in [0.15, 0.2) is 5.71 Å². The van der Waals surface area contributed by atoms with Crippen molar-refractivity contribution in [2.24, 2.45) is 5.16 Å². The van der Waals surface area contributed by atoms with Crippen LogP contribution in [0.4, 0.5) is 8.78 Å². The van der Waals surface area contributed by atoms with Crippen LogP contribution in [0.2, 0.25) is 0 Å². The Morgan fingerprint density at radius 1 is 1.32 bits per heavy atom. The number of benzene rings is 1. The molecule has 1 N–H and O–H groups in total. The van der Waals surface area contributed by atoms with E-state index < -0.39 is 6.61 Å². The van der Waals surface area contributed by atoms with Crippen LogP contribution >= 0.6 is 0 Å². The second-order valence-electron chi connectivity index (χ2n) is 5.37. The third-order valence-corrected chi connectivity index (χ3v) is 3.51. The molecule has 8 nitrogen and oxygen atoms in total. The summed E-state index contributed by atoms with van der Waals surface area (Å²) in [7, 11) is 2.85. The van der Waals surface area contributed by atoms with Crippen LogP contribution in [-0.2, 0) is 9.63 Å². The lowest BCUT2D eigenvalue weighted by Crippen LogP contribution is -2.28. The molecule has 0 aliphatic carbocycles. The summed E-state index contributed by atoms with van der Waals surface area (Å²) >= 11 is 0. The Morgan fingerprint density at radius 2 is 2.04 bits per heavy atom. The van der Waals surface area contributed by atoms with E-state index in [4.69, 9.17) is 4.74 Å². The Kier molecular flexibility index (Phi) is 7.49.